The number of furan rings is 1. The number of para-hydroxylation sites is 1. The average Bonchev–Trinajstić information content (AvgIpc) is 3.14. The van der Waals surface area contributed by atoms with E-state index in [4.69, 9.17) is 4.42 Å². The number of hydrogen-bond donors (Lipinski definition) is 1. The van der Waals surface area contributed by atoms with E-state index in [1.54, 1.807) is 11.0 Å². The Kier molecular flexibility index (Phi) is 4.23. The number of benzene rings is 1. The van der Waals surface area contributed by atoms with E-state index in [2.05, 4.69) is 10.5 Å². The molecule has 2 heterocycles. The van der Waals surface area contributed by atoms with Crippen molar-refractivity contribution in [3.8, 4) is 0 Å². The van der Waals surface area contributed by atoms with Gasteiger partial charge >= 0.3 is 0 Å². The maximum atomic E-state index is 12.1. The number of carbonyl (C=O) groups is 2. The SMILES string of the molecule is Cc1ccc(/C=N\NC(=O)C2CC(=O)N(c3ccccc3)C2)o1. The Morgan fingerprint density at radius 2 is 2.09 bits per heavy atom. The normalized spacial score (nSPS) is 17.9. The summed E-state index contributed by atoms with van der Waals surface area (Å²) in [7, 11) is 0. The largest absolute Gasteiger partial charge is 0.460 e. The maximum Gasteiger partial charge on any atom is 0.245 e. The van der Waals surface area contributed by atoms with E-state index >= 15 is 0 Å². The van der Waals surface area contributed by atoms with Gasteiger partial charge in [0.1, 0.15) is 11.5 Å². The Morgan fingerprint density at radius 3 is 2.78 bits per heavy atom. The second-order valence-electron chi connectivity index (χ2n) is 5.42. The molecule has 0 bridgehead atoms. The summed E-state index contributed by atoms with van der Waals surface area (Å²) < 4.78 is 5.32. The number of hydrogen-bond acceptors (Lipinski definition) is 4. The highest BCUT2D eigenvalue weighted by atomic mass is 16.3. The third-order valence-electron chi connectivity index (χ3n) is 3.69. The van der Waals surface area contributed by atoms with Gasteiger partial charge in [-0.25, -0.2) is 5.43 Å². The molecule has 1 aromatic heterocycles. The van der Waals surface area contributed by atoms with Crippen molar-refractivity contribution in [1.82, 2.24) is 5.43 Å². The van der Waals surface area contributed by atoms with E-state index in [1.165, 1.54) is 6.21 Å². The second kappa shape index (κ2) is 6.48. The zero-order valence-electron chi connectivity index (χ0n) is 12.7. The van der Waals surface area contributed by atoms with Gasteiger partial charge in [-0.1, -0.05) is 18.2 Å². The number of hydrazone groups is 1. The highest BCUT2D eigenvalue weighted by molar-refractivity contribution is 6.00. The van der Waals surface area contributed by atoms with Crippen LogP contribution >= 0.6 is 0 Å². The fraction of sp³-hybridized carbons (Fsp3) is 0.235. The highest BCUT2D eigenvalue weighted by Gasteiger charge is 2.34. The molecule has 2 amide bonds. The van der Waals surface area contributed by atoms with E-state index in [-0.39, 0.29) is 18.2 Å². The van der Waals surface area contributed by atoms with E-state index in [9.17, 15) is 9.59 Å². The molecule has 23 heavy (non-hydrogen) atoms. The van der Waals surface area contributed by atoms with Crippen molar-refractivity contribution in [2.24, 2.45) is 11.0 Å². The third kappa shape index (κ3) is 3.48. The van der Waals surface area contributed by atoms with Gasteiger partial charge in [-0.2, -0.15) is 5.10 Å². The monoisotopic (exact) mass is 311 g/mol. The first kappa shape index (κ1) is 15.0. The Bertz CT molecular complexity index is 737. The number of anilines is 1. The van der Waals surface area contributed by atoms with Crippen LogP contribution in [0.2, 0.25) is 0 Å². The first-order chi connectivity index (χ1) is 11.1. The van der Waals surface area contributed by atoms with Crippen LogP contribution in [0.4, 0.5) is 5.69 Å². The lowest BCUT2D eigenvalue weighted by Gasteiger charge is -2.16. The van der Waals surface area contributed by atoms with E-state index in [0.717, 1.165) is 11.4 Å². The maximum absolute atomic E-state index is 12.1. The van der Waals surface area contributed by atoms with Gasteiger partial charge in [0.25, 0.3) is 0 Å². The standard InChI is InChI=1S/C17H17N3O3/c1-12-7-8-15(23-12)10-18-19-17(22)13-9-16(21)20(11-13)14-5-3-2-4-6-14/h2-8,10,13H,9,11H2,1H3,(H,19,22)/b18-10-. The lowest BCUT2D eigenvalue weighted by atomic mass is 10.1. The fourth-order valence-corrected chi connectivity index (χ4v) is 2.51. The number of amides is 2. The first-order valence-corrected chi connectivity index (χ1v) is 7.38. The summed E-state index contributed by atoms with van der Waals surface area (Å²) in [4.78, 5) is 25.8. The smallest absolute Gasteiger partial charge is 0.245 e. The van der Waals surface area contributed by atoms with Crippen molar-refractivity contribution in [2.45, 2.75) is 13.3 Å². The topological polar surface area (TPSA) is 74.9 Å². The molecule has 0 aliphatic carbocycles. The summed E-state index contributed by atoms with van der Waals surface area (Å²) in [6.45, 7) is 2.20. The molecule has 2 aromatic rings. The van der Waals surface area contributed by atoms with Crippen LogP contribution in [0.15, 0.2) is 52.0 Å². The number of aryl methyl sites for hydroxylation is 1. The van der Waals surface area contributed by atoms with Gasteiger partial charge in [0, 0.05) is 18.7 Å². The van der Waals surface area contributed by atoms with Crippen LogP contribution in [0.5, 0.6) is 0 Å². The summed E-state index contributed by atoms with van der Waals surface area (Å²) in [5, 5.41) is 3.87. The van der Waals surface area contributed by atoms with Crippen molar-refractivity contribution < 1.29 is 14.0 Å². The lowest BCUT2D eigenvalue weighted by molar-refractivity contribution is -0.126. The summed E-state index contributed by atoms with van der Waals surface area (Å²) in [6.07, 6.45) is 1.63. The number of nitrogens with zero attached hydrogens (tertiary/aromatic N) is 2. The highest BCUT2D eigenvalue weighted by Crippen LogP contribution is 2.24. The van der Waals surface area contributed by atoms with Crippen LogP contribution in [0.1, 0.15) is 17.9 Å². The third-order valence-corrected chi connectivity index (χ3v) is 3.69. The van der Waals surface area contributed by atoms with Gasteiger partial charge in [0.2, 0.25) is 11.8 Å². The summed E-state index contributed by atoms with van der Waals surface area (Å²) in [5.74, 6) is 0.616. The molecule has 1 aromatic carbocycles. The lowest BCUT2D eigenvalue weighted by Crippen LogP contribution is -2.30. The van der Waals surface area contributed by atoms with Gasteiger partial charge < -0.3 is 9.32 Å². The van der Waals surface area contributed by atoms with Gasteiger partial charge in [-0.15, -0.1) is 0 Å². The zero-order valence-corrected chi connectivity index (χ0v) is 12.7. The number of rotatable bonds is 4. The zero-order chi connectivity index (χ0) is 16.2. The quantitative estimate of drug-likeness (QED) is 0.694. The minimum atomic E-state index is -0.404. The average molecular weight is 311 g/mol. The van der Waals surface area contributed by atoms with Crippen molar-refractivity contribution >= 4 is 23.7 Å². The van der Waals surface area contributed by atoms with Gasteiger partial charge in [0.15, 0.2) is 0 Å². The van der Waals surface area contributed by atoms with Crippen molar-refractivity contribution in [3.05, 3.63) is 54.0 Å². The van der Waals surface area contributed by atoms with E-state index < -0.39 is 5.92 Å². The van der Waals surface area contributed by atoms with E-state index in [1.807, 2.05) is 43.3 Å². The van der Waals surface area contributed by atoms with Crippen molar-refractivity contribution in [3.63, 3.8) is 0 Å². The molecule has 6 nitrogen and oxygen atoms in total. The number of nitrogens with one attached hydrogen (secondary N) is 1. The summed E-state index contributed by atoms with van der Waals surface area (Å²) in [5.41, 5.74) is 3.27. The predicted octanol–water partition coefficient (Wildman–Crippen LogP) is 2.09. The molecule has 118 valence electrons. The predicted molar refractivity (Wildman–Crippen MR) is 86.1 cm³/mol. The fourth-order valence-electron chi connectivity index (χ4n) is 2.51. The molecule has 0 radical (unpaired) electrons. The molecule has 1 aliphatic heterocycles. The molecule has 1 N–H and O–H groups in total. The second-order valence-corrected chi connectivity index (χ2v) is 5.42. The Balaban J connectivity index is 1.58. The molecule has 0 spiro atoms. The summed E-state index contributed by atoms with van der Waals surface area (Å²) >= 11 is 0. The number of carbonyl (C=O) groups excluding carboxylic acids is 2. The van der Waals surface area contributed by atoms with Crippen LogP contribution in [0, 0.1) is 12.8 Å². The van der Waals surface area contributed by atoms with Gasteiger partial charge in [-0.3, -0.25) is 9.59 Å². The molecule has 1 fully saturated rings. The molecule has 1 unspecified atom stereocenters. The van der Waals surface area contributed by atoms with Crippen LogP contribution in [0.25, 0.3) is 0 Å². The van der Waals surface area contributed by atoms with Crippen LogP contribution < -0.4 is 10.3 Å². The molecule has 1 saturated heterocycles. The summed E-state index contributed by atoms with van der Waals surface area (Å²) in [6, 6.07) is 12.9. The minimum Gasteiger partial charge on any atom is -0.460 e. The first-order valence-electron chi connectivity index (χ1n) is 7.38. The Hall–Kier alpha value is -2.89. The van der Waals surface area contributed by atoms with Crippen LogP contribution in [-0.4, -0.2) is 24.6 Å². The van der Waals surface area contributed by atoms with Crippen molar-refractivity contribution in [2.75, 3.05) is 11.4 Å². The molecule has 6 heteroatoms. The van der Waals surface area contributed by atoms with Crippen LogP contribution in [-0.2, 0) is 9.59 Å². The van der Waals surface area contributed by atoms with Crippen molar-refractivity contribution in [1.29, 1.82) is 0 Å². The van der Waals surface area contributed by atoms with Gasteiger partial charge in [-0.05, 0) is 31.2 Å². The Morgan fingerprint density at radius 1 is 1.30 bits per heavy atom. The Labute approximate surface area is 133 Å². The molecule has 1 atom stereocenters. The molecule has 0 saturated carbocycles. The minimum absolute atomic E-state index is 0.0537. The molecular weight excluding hydrogens is 294 g/mol. The molecular formula is C17H17N3O3. The molecule has 1 aliphatic rings. The van der Waals surface area contributed by atoms with Crippen LogP contribution in [0.3, 0.4) is 0 Å². The van der Waals surface area contributed by atoms with Gasteiger partial charge in [0.05, 0.1) is 12.1 Å². The molecule has 3 rings (SSSR count). The van der Waals surface area contributed by atoms with E-state index in [0.29, 0.717) is 12.3 Å².